The smallest absolute Gasteiger partial charge is 0.426 e. The van der Waals surface area contributed by atoms with Gasteiger partial charge in [0.2, 0.25) is 5.91 Å². The van der Waals surface area contributed by atoms with E-state index in [4.69, 9.17) is 5.11 Å². The van der Waals surface area contributed by atoms with Crippen LogP contribution in [0.4, 0.5) is 4.79 Å². The predicted octanol–water partition coefficient (Wildman–Crippen LogP) is 1.14. The number of esters is 1. The molecule has 1 heterocycles. The summed E-state index contributed by atoms with van der Waals surface area (Å²) >= 11 is 0. The van der Waals surface area contributed by atoms with Gasteiger partial charge >= 0.3 is 12.1 Å². The molecule has 0 unspecified atom stereocenters. The second-order valence-corrected chi connectivity index (χ2v) is 4.61. The van der Waals surface area contributed by atoms with Crippen molar-refractivity contribution in [3.63, 3.8) is 0 Å². The third-order valence-corrected chi connectivity index (χ3v) is 3.32. The highest BCUT2D eigenvalue weighted by molar-refractivity contribution is 5.89. The molecule has 1 saturated heterocycles. The fraction of sp³-hybridized carbons (Fsp3) is 0.357. The Kier molecular flexibility index (Phi) is 4.42. The van der Waals surface area contributed by atoms with Crippen LogP contribution < -0.4 is 0 Å². The molecule has 21 heavy (non-hydrogen) atoms. The Bertz CT molecular complexity index is 555. The summed E-state index contributed by atoms with van der Waals surface area (Å²) in [5.41, 5.74) is 1.36. The maximum absolute atomic E-state index is 11.7. The summed E-state index contributed by atoms with van der Waals surface area (Å²) < 4.78 is 4.61. The topological polar surface area (TPSA) is 87.2 Å². The van der Waals surface area contributed by atoms with Crippen LogP contribution in [-0.2, 0) is 16.0 Å². The maximum Gasteiger partial charge on any atom is 0.426 e. The van der Waals surface area contributed by atoms with Gasteiger partial charge < -0.3 is 9.84 Å². The van der Waals surface area contributed by atoms with Gasteiger partial charge in [0.05, 0.1) is 19.2 Å². The minimum absolute atomic E-state index is 0.191. The van der Waals surface area contributed by atoms with Crippen LogP contribution in [0, 0.1) is 0 Å². The zero-order valence-electron chi connectivity index (χ0n) is 11.6. The summed E-state index contributed by atoms with van der Waals surface area (Å²) in [7, 11) is 1.32. The van der Waals surface area contributed by atoms with Crippen LogP contribution in [0.1, 0.15) is 22.3 Å². The Labute approximate surface area is 121 Å². The van der Waals surface area contributed by atoms with E-state index in [0.717, 1.165) is 10.6 Å². The van der Waals surface area contributed by atoms with Gasteiger partial charge in [0.1, 0.15) is 0 Å². The van der Waals surface area contributed by atoms with Crippen LogP contribution in [0.25, 0.3) is 0 Å². The van der Waals surface area contributed by atoms with Crippen LogP contribution in [0.2, 0.25) is 0 Å². The fourth-order valence-corrected chi connectivity index (χ4v) is 2.19. The predicted molar refractivity (Wildman–Crippen MR) is 72.5 cm³/mol. The van der Waals surface area contributed by atoms with Crippen molar-refractivity contribution >= 4 is 18.0 Å². The number of benzene rings is 1. The second kappa shape index (κ2) is 6.25. The van der Waals surface area contributed by atoms with Crippen LogP contribution in [0.5, 0.6) is 0 Å². The van der Waals surface area contributed by atoms with E-state index >= 15 is 0 Å². The highest BCUT2D eigenvalue weighted by Gasteiger charge is 2.31. The molecule has 0 saturated carbocycles. The van der Waals surface area contributed by atoms with E-state index in [9.17, 15) is 14.4 Å². The summed E-state index contributed by atoms with van der Waals surface area (Å²) in [6, 6.07) is 6.81. The molecule has 0 bridgehead atoms. The number of hydrogen-bond acceptors (Lipinski definition) is 4. The Hall–Kier alpha value is -2.57. The number of nitrogens with zero attached hydrogens (tertiary/aromatic N) is 2. The van der Waals surface area contributed by atoms with E-state index in [2.05, 4.69) is 4.74 Å². The van der Waals surface area contributed by atoms with E-state index in [0.29, 0.717) is 18.5 Å². The minimum Gasteiger partial charge on any atom is -0.465 e. The van der Waals surface area contributed by atoms with Gasteiger partial charge in [-0.1, -0.05) is 12.1 Å². The van der Waals surface area contributed by atoms with Crippen molar-refractivity contribution in [1.29, 1.82) is 0 Å². The number of methoxy groups -OCH3 is 1. The number of carboxylic acid groups (broad SMARTS) is 1. The molecule has 1 aromatic carbocycles. The highest BCUT2D eigenvalue weighted by atomic mass is 16.5. The first kappa shape index (κ1) is 14.8. The Morgan fingerprint density at radius 2 is 1.95 bits per heavy atom. The van der Waals surface area contributed by atoms with Crippen molar-refractivity contribution in [1.82, 2.24) is 10.0 Å². The Morgan fingerprint density at radius 3 is 2.52 bits per heavy atom. The summed E-state index contributed by atoms with van der Waals surface area (Å²) in [5.74, 6) is -0.600. The van der Waals surface area contributed by atoms with E-state index in [1.807, 2.05) is 0 Å². The van der Waals surface area contributed by atoms with Crippen molar-refractivity contribution in [2.75, 3.05) is 20.2 Å². The zero-order valence-corrected chi connectivity index (χ0v) is 11.6. The lowest BCUT2D eigenvalue weighted by Gasteiger charge is -2.25. The number of amides is 2. The van der Waals surface area contributed by atoms with Gasteiger partial charge in [-0.25, -0.2) is 19.6 Å². The molecule has 0 atom stereocenters. The number of rotatable bonds is 4. The number of hydrogen-bond donors (Lipinski definition) is 1. The van der Waals surface area contributed by atoms with E-state index in [1.165, 1.54) is 12.1 Å². The molecule has 0 aliphatic carbocycles. The van der Waals surface area contributed by atoms with Crippen LogP contribution in [0.3, 0.4) is 0 Å². The average Bonchev–Trinajstić information content (AvgIpc) is 2.86. The standard InChI is InChI=1S/C14H16N2O5/c1-21-13(18)11-4-2-10(3-5-11)6-8-15-12(17)7-9-16(15)14(19)20/h2-5H,6-9H2,1H3,(H,19,20). The third-order valence-electron chi connectivity index (χ3n) is 3.32. The van der Waals surface area contributed by atoms with Gasteiger partial charge in [-0.3, -0.25) is 4.79 Å². The van der Waals surface area contributed by atoms with Gasteiger partial charge in [0.25, 0.3) is 0 Å². The zero-order chi connectivity index (χ0) is 15.4. The third kappa shape index (κ3) is 3.31. The highest BCUT2D eigenvalue weighted by Crippen LogP contribution is 2.14. The molecule has 7 heteroatoms. The lowest BCUT2D eigenvalue weighted by molar-refractivity contribution is -0.135. The summed E-state index contributed by atoms with van der Waals surface area (Å²) in [6.45, 7) is 0.498. The molecule has 2 amide bonds. The number of carbonyl (C=O) groups excluding carboxylic acids is 2. The van der Waals surface area contributed by atoms with Crippen molar-refractivity contribution in [2.45, 2.75) is 12.8 Å². The molecule has 1 aromatic rings. The number of hydrazine groups is 1. The van der Waals surface area contributed by atoms with Gasteiger partial charge in [-0.05, 0) is 24.1 Å². The molecule has 0 radical (unpaired) electrons. The van der Waals surface area contributed by atoms with Gasteiger partial charge in [-0.2, -0.15) is 0 Å². The molecule has 1 N–H and O–H groups in total. The molecule has 1 aliphatic rings. The molecular formula is C14H16N2O5. The molecular weight excluding hydrogens is 276 g/mol. The first-order valence-corrected chi connectivity index (χ1v) is 6.51. The summed E-state index contributed by atoms with van der Waals surface area (Å²) in [5, 5.41) is 11.3. The summed E-state index contributed by atoms with van der Waals surface area (Å²) in [4.78, 5) is 34.0. The van der Waals surface area contributed by atoms with Crippen LogP contribution >= 0.6 is 0 Å². The lowest BCUT2D eigenvalue weighted by Crippen LogP contribution is -2.43. The van der Waals surface area contributed by atoms with Crippen molar-refractivity contribution in [3.8, 4) is 0 Å². The molecule has 0 aromatic heterocycles. The first-order valence-electron chi connectivity index (χ1n) is 6.51. The largest absolute Gasteiger partial charge is 0.465 e. The minimum atomic E-state index is -1.12. The number of ether oxygens (including phenoxy) is 1. The van der Waals surface area contributed by atoms with Gasteiger partial charge in [0.15, 0.2) is 0 Å². The Balaban J connectivity index is 1.97. The summed E-state index contributed by atoms with van der Waals surface area (Å²) in [6.07, 6.45) is -0.397. The van der Waals surface area contributed by atoms with Crippen molar-refractivity contribution < 1.29 is 24.2 Å². The normalized spacial score (nSPS) is 14.4. The molecule has 2 rings (SSSR count). The van der Waals surface area contributed by atoms with Crippen LogP contribution in [0.15, 0.2) is 24.3 Å². The molecule has 7 nitrogen and oxygen atoms in total. The SMILES string of the molecule is COC(=O)c1ccc(CCN2C(=O)CCN2C(=O)O)cc1. The monoisotopic (exact) mass is 292 g/mol. The van der Waals surface area contributed by atoms with E-state index in [-0.39, 0.29) is 18.9 Å². The van der Waals surface area contributed by atoms with E-state index < -0.39 is 12.1 Å². The first-order chi connectivity index (χ1) is 10.0. The maximum atomic E-state index is 11.7. The second-order valence-electron chi connectivity index (χ2n) is 4.61. The molecule has 1 aliphatic heterocycles. The van der Waals surface area contributed by atoms with Gasteiger partial charge in [0, 0.05) is 13.0 Å². The van der Waals surface area contributed by atoms with Crippen molar-refractivity contribution in [2.24, 2.45) is 0 Å². The quantitative estimate of drug-likeness (QED) is 0.841. The lowest BCUT2D eigenvalue weighted by atomic mass is 10.1. The van der Waals surface area contributed by atoms with Gasteiger partial charge in [-0.15, -0.1) is 0 Å². The number of carbonyl (C=O) groups is 3. The molecule has 1 fully saturated rings. The van der Waals surface area contributed by atoms with Crippen LogP contribution in [-0.4, -0.2) is 53.3 Å². The molecule has 0 spiro atoms. The van der Waals surface area contributed by atoms with Crippen molar-refractivity contribution in [3.05, 3.63) is 35.4 Å². The fourth-order valence-electron chi connectivity index (χ4n) is 2.19. The Morgan fingerprint density at radius 1 is 1.29 bits per heavy atom. The van der Waals surface area contributed by atoms with E-state index in [1.54, 1.807) is 24.3 Å². The average molecular weight is 292 g/mol. The molecule has 112 valence electrons.